The minimum absolute atomic E-state index is 0.310. The second-order valence-corrected chi connectivity index (χ2v) is 6.24. The molecule has 0 saturated heterocycles. The summed E-state index contributed by atoms with van der Waals surface area (Å²) in [6.07, 6.45) is 3.15. The van der Waals surface area contributed by atoms with Gasteiger partial charge in [-0.25, -0.2) is 0 Å². The van der Waals surface area contributed by atoms with Crippen molar-refractivity contribution < 1.29 is 0 Å². The monoisotopic (exact) mass is 272 g/mol. The van der Waals surface area contributed by atoms with Crippen molar-refractivity contribution in [3.05, 3.63) is 35.4 Å². The van der Waals surface area contributed by atoms with E-state index in [-0.39, 0.29) is 5.41 Å². The molecular formula is C18H28N2. The fourth-order valence-corrected chi connectivity index (χ4v) is 2.67. The van der Waals surface area contributed by atoms with Gasteiger partial charge in [0.05, 0.1) is 11.5 Å². The molecule has 1 aromatic rings. The lowest BCUT2D eigenvalue weighted by atomic mass is 9.70. The number of nitrogens with zero attached hydrogens (tertiary/aromatic N) is 2. The van der Waals surface area contributed by atoms with E-state index >= 15 is 0 Å². The summed E-state index contributed by atoms with van der Waals surface area (Å²) in [6, 6.07) is 11.3. The molecule has 1 aromatic carbocycles. The lowest BCUT2D eigenvalue weighted by Crippen LogP contribution is -2.34. The molecule has 0 aliphatic rings. The summed E-state index contributed by atoms with van der Waals surface area (Å²) in [4.78, 5) is 2.15. The summed E-state index contributed by atoms with van der Waals surface area (Å²) in [5.41, 5.74) is 2.14. The molecule has 1 rings (SSSR count). The zero-order chi connectivity index (χ0) is 15.2. The first-order valence-electron chi connectivity index (χ1n) is 7.61. The first-order valence-corrected chi connectivity index (χ1v) is 7.61. The highest BCUT2D eigenvalue weighted by Gasteiger charge is 2.35. The molecule has 0 heterocycles. The first kappa shape index (κ1) is 16.7. The molecule has 110 valence electrons. The topological polar surface area (TPSA) is 27.0 Å². The van der Waals surface area contributed by atoms with Crippen LogP contribution < -0.4 is 0 Å². The predicted molar refractivity (Wildman–Crippen MR) is 85.7 cm³/mol. The fourth-order valence-electron chi connectivity index (χ4n) is 2.67. The molecule has 0 N–H and O–H groups in total. The van der Waals surface area contributed by atoms with E-state index in [4.69, 9.17) is 0 Å². The van der Waals surface area contributed by atoms with Crippen LogP contribution in [0.2, 0.25) is 0 Å². The van der Waals surface area contributed by atoms with Gasteiger partial charge in [0.1, 0.15) is 0 Å². The Morgan fingerprint density at radius 1 is 1.20 bits per heavy atom. The minimum atomic E-state index is -0.380. The zero-order valence-electron chi connectivity index (χ0n) is 13.6. The van der Waals surface area contributed by atoms with Crippen molar-refractivity contribution in [2.24, 2.45) is 5.92 Å². The van der Waals surface area contributed by atoms with Gasteiger partial charge < -0.3 is 4.90 Å². The molecule has 0 saturated carbocycles. The normalized spacial score (nSPS) is 14.3. The molecule has 20 heavy (non-hydrogen) atoms. The van der Waals surface area contributed by atoms with Crippen LogP contribution in [0.1, 0.15) is 44.7 Å². The van der Waals surface area contributed by atoms with Gasteiger partial charge in [-0.2, -0.15) is 5.26 Å². The van der Waals surface area contributed by atoms with Crippen molar-refractivity contribution in [3.63, 3.8) is 0 Å². The second kappa shape index (κ2) is 7.45. The second-order valence-electron chi connectivity index (χ2n) is 6.24. The number of nitriles is 1. The van der Waals surface area contributed by atoms with E-state index in [0.717, 1.165) is 31.4 Å². The molecular weight excluding hydrogens is 244 g/mol. The third-order valence-electron chi connectivity index (χ3n) is 4.15. The number of hydrogen-bond acceptors (Lipinski definition) is 2. The smallest absolute Gasteiger partial charge is 0.0857 e. The van der Waals surface area contributed by atoms with Crippen molar-refractivity contribution in [1.82, 2.24) is 4.90 Å². The van der Waals surface area contributed by atoms with Crippen LogP contribution in [0.3, 0.4) is 0 Å². The Bertz CT molecular complexity index is 439. The lowest BCUT2D eigenvalue weighted by molar-refractivity contribution is 0.303. The molecule has 0 fully saturated rings. The van der Waals surface area contributed by atoms with Gasteiger partial charge in [-0.15, -0.1) is 0 Å². The quantitative estimate of drug-likeness (QED) is 0.750. The highest BCUT2D eigenvalue weighted by molar-refractivity contribution is 5.35. The molecule has 1 unspecified atom stereocenters. The molecule has 0 aliphatic carbocycles. The van der Waals surface area contributed by atoms with Gasteiger partial charge in [0.15, 0.2) is 0 Å². The van der Waals surface area contributed by atoms with E-state index in [1.165, 1.54) is 5.56 Å². The van der Waals surface area contributed by atoms with Gasteiger partial charge in [0.2, 0.25) is 0 Å². The van der Waals surface area contributed by atoms with Crippen molar-refractivity contribution in [2.75, 3.05) is 20.6 Å². The van der Waals surface area contributed by atoms with Crippen LogP contribution in [-0.4, -0.2) is 25.5 Å². The van der Waals surface area contributed by atoms with Crippen LogP contribution in [-0.2, 0) is 11.8 Å². The Labute approximate surface area is 124 Å². The summed E-state index contributed by atoms with van der Waals surface area (Å²) >= 11 is 0. The Balaban J connectivity index is 3.07. The minimum Gasteiger partial charge on any atom is -0.309 e. The van der Waals surface area contributed by atoms with Crippen LogP contribution in [0, 0.1) is 17.2 Å². The number of hydrogen-bond donors (Lipinski definition) is 0. The molecule has 0 aliphatic heterocycles. The van der Waals surface area contributed by atoms with Crippen molar-refractivity contribution >= 4 is 0 Å². The molecule has 1 atom stereocenters. The maximum absolute atomic E-state index is 9.82. The molecule has 2 nitrogen and oxygen atoms in total. The van der Waals surface area contributed by atoms with Gasteiger partial charge in [-0.1, -0.05) is 51.5 Å². The Morgan fingerprint density at radius 2 is 1.80 bits per heavy atom. The standard InChI is InChI=1S/C18H28N2/c1-6-7-16-8-10-17(11-9-16)18(14-19,15(2)3)12-13-20(4)5/h8-11,15H,6-7,12-13H2,1-5H3. The number of benzene rings is 1. The van der Waals surface area contributed by atoms with Gasteiger partial charge in [-0.05, 0) is 50.5 Å². The average molecular weight is 272 g/mol. The first-order chi connectivity index (χ1) is 9.46. The highest BCUT2D eigenvalue weighted by Crippen LogP contribution is 2.35. The SMILES string of the molecule is CCCc1ccc(C(C#N)(CCN(C)C)C(C)C)cc1. The maximum Gasteiger partial charge on any atom is 0.0857 e. The fraction of sp³-hybridized carbons (Fsp3) is 0.611. The summed E-state index contributed by atoms with van der Waals surface area (Å²) in [6.45, 7) is 7.43. The van der Waals surface area contributed by atoms with Gasteiger partial charge >= 0.3 is 0 Å². The molecule has 0 amide bonds. The van der Waals surface area contributed by atoms with E-state index in [1.54, 1.807) is 0 Å². The van der Waals surface area contributed by atoms with E-state index in [0.29, 0.717) is 5.92 Å². The van der Waals surface area contributed by atoms with Gasteiger partial charge in [-0.3, -0.25) is 0 Å². The number of rotatable bonds is 7. The Kier molecular flexibility index (Phi) is 6.23. The van der Waals surface area contributed by atoms with Crippen molar-refractivity contribution in [1.29, 1.82) is 5.26 Å². The maximum atomic E-state index is 9.82. The molecule has 0 radical (unpaired) electrons. The van der Waals surface area contributed by atoms with Gasteiger partial charge in [0, 0.05) is 0 Å². The lowest BCUT2D eigenvalue weighted by Gasteiger charge is -2.32. The van der Waals surface area contributed by atoms with Crippen LogP contribution in [0.5, 0.6) is 0 Å². The predicted octanol–water partition coefficient (Wildman–Crippen LogP) is 4.01. The summed E-state index contributed by atoms with van der Waals surface area (Å²) < 4.78 is 0. The van der Waals surface area contributed by atoms with Gasteiger partial charge in [0.25, 0.3) is 0 Å². The van der Waals surface area contributed by atoms with Crippen LogP contribution >= 0.6 is 0 Å². The highest BCUT2D eigenvalue weighted by atomic mass is 15.0. The third-order valence-corrected chi connectivity index (χ3v) is 4.15. The van der Waals surface area contributed by atoms with E-state index in [9.17, 15) is 5.26 Å². The largest absolute Gasteiger partial charge is 0.309 e. The third kappa shape index (κ3) is 3.84. The summed E-state index contributed by atoms with van der Waals surface area (Å²) in [7, 11) is 4.12. The average Bonchev–Trinajstić information content (AvgIpc) is 2.41. The molecule has 0 spiro atoms. The van der Waals surface area contributed by atoms with Crippen LogP contribution in [0.15, 0.2) is 24.3 Å². The Morgan fingerprint density at radius 3 is 2.20 bits per heavy atom. The summed E-state index contributed by atoms with van der Waals surface area (Å²) in [5.74, 6) is 0.310. The van der Waals surface area contributed by atoms with Crippen LogP contribution in [0.4, 0.5) is 0 Å². The zero-order valence-corrected chi connectivity index (χ0v) is 13.6. The van der Waals surface area contributed by atoms with Crippen molar-refractivity contribution in [3.8, 4) is 6.07 Å². The van der Waals surface area contributed by atoms with Crippen molar-refractivity contribution in [2.45, 2.75) is 45.4 Å². The summed E-state index contributed by atoms with van der Waals surface area (Å²) in [5, 5.41) is 9.82. The van der Waals surface area contributed by atoms with E-state index in [2.05, 4.69) is 70.1 Å². The molecule has 0 bridgehead atoms. The molecule has 2 heteroatoms. The Hall–Kier alpha value is -1.33. The van der Waals surface area contributed by atoms with E-state index < -0.39 is 0 Å². The van der Waals surface area contributed by atoms with E-state index in [1.807, 2.05) is 0 Å². The van der Waals surface area contributed by atoms with Crippen LogP contribution in [0.25, 0.3) is 0 Å². The molecule has 0 aromatic heterocycles. The number of aryl methyl sites for hydroxylation is 1.